The Labute approximate surface area is 169 Å². The lowest BCUT2D eigenvalue weighted by molar-refractivity contribution is 0.0598. The summed E-state index contributed by atoms with van der Waals surface area (Å²) < 4.78 is 45.8. The van der Waals surface area contributed by atoms with Gasteiger partial charge in [0.2, 0.25) is 0 Å². The van der Waals surface area contributed by atoms with Crippen molar-refractivity contribution in [1.82, 2.24) is 4.98 Å². The van der Waals surface area contributed by atoms with E-state index in [2.05, 4.69) is 4.98 Å². The largest absolute Gasteiger partial charge is 0.488 e. The van der Waals surface area contributed by atoms with Crippen LogP contribution in [-0.4, -0.2) is 51.6 Å². The van der Waals surface area contributed by atoms with Crippen molar-refractivity contribution in [3.05, 3.63) is 42.1 Å². The van der Waals surface area contributed by atoms with Crippen LogP contribution in [0.3, 0.4) is 0 Å². The first-order valence-electron chi connectivity index (χ1n) is 9.10. The van der Waals surface area contributed by atoms with Crippen LogP contribution in [0.25, 0.3) is 0 Å². The molecule has 0 N–H and O–H groups in total. The third kappa shape index (κ3) is 5.24. The zero-order valence-electron chi connectivity index (χ0n) is 16.5. The monoisotopic (exact) mass is 421 g/mol. The van der Waals surface area contributed by atoms with E-state index >= 15 is 0 Å². The summed E-state index contributed by atoms with van der Waals surface area (Å²) in [7, 11) is -0.509. The molecule has 0 aliphatic heterocycles. The van der Waals surface area contributed by atoms with E-state index in [0.717, 1.165) is 0 Å². The lowest BCUT2D eigenvalue weighted by atomic mass is 10.2. The lowest BCUT2D eigenvalue weighted by Gasteiger charge is -2.16. The molecule has 1 fully saturated rings. The molecule has 1 atom stereocenters. The fraction of sp³-hybridized carbons (Fsp3) is 0.400. The summed E-state index contributed by atoms with van der Waals surface area (Å²) in [4.78, 5) is 16.0. The van der Waals surface area contributed by atoms with E-state index in [9.17, 15) is 13.2 Å². The van der Waals surface area contributed by atoms with Gasteiger partial charge in [-0.2, -0.15) is 0 Å². The number of benzene rings is 1. The highest BCUT2D eigenvalue weighted by Crippen LogP contribution is 2.33. The van der Waals surface area contributed by atoms with Crippen LogP contribution in [0.4, 0.5) is 0 Å². The predicted octanol–water partition coefficient (Wildman–Crippen LogP) is 3.01. The molecular weight excluding hydrogens is 398 g/mol. The van der Waals surface area contributed by atoms with E-state index in [0.29, 0.717) is 36.7 Å². The number of carbonyl (C=O) groups excluding carboxylic acids is 1. The number of ether oxygens (including phenoxy) is 4. The van der Waals surface area contributed by atoms with Crippen molar-refractivity contribution in [3.63, 3.8) is 0 Å². The van der Waals surface area contributed by atoms with Gasteiger partial charge < -0.3 is 18.9 Å². The molecule has 9 heteroatoms. The number of methoxy groups -OCH3 is 2. The quantitative estimate of drug-likeness (QED) is 0.570. The molecule has 1 aliphatic rings. The molecule has 8 nitrogen and oxygen atoms in total. The number of rotatable bonds is 9. The average Bonchev–Trinajstić information content (AvgIpc) is 3.53. The molecule has 29 heavy (non-hydrogen) atoms. The number of hydrogen-bond acceptors (Lipinski definition) is 8. The molecule has 3 rings (SSSR count). The predicted molar refractivity (Wildman–Crippen MR) is 104 cm³/mol. The van der Waals surface area contributed by atoms with E-state index in [-0.39, 0.29) is 21.9 Å². The Bertz CT molecular complexity index is 969. The van der Waals surface area contributed by atoms with Crippen LogP contribution >= 0.6 is 0 Å². The number of aromatic nitrogens is 1. The summed E-state index contributed by atoms with van der Waals surface area (Å²) >= 11 is 0. The van der Waals surface area contributed by atoms with Crippen molar-refractivity contribution < 1.29 is 32.2 Å². The van der Waals surface area contributed by atoms with Gasteiger partial charge in [-0.25, -0.2) is 18.2 Å². The first kappa shape index (κ1) is 21.1. The van der Waals surface area contributed by atoms with Crippen molar-refractivity contribution in [3.8, 4) is 17.2 Å². The summed E-state index contributed by atoms with van der Waals surface area (Å²) in [5.41, 5.74) is 0.255. The molecule has 1 aromatic heterocycles. The van der Waals surface area contributed by atoms with Crippen molar-refractivity contribution in [2.24, 2.45) is 0 Å². The summed E-state index contributed by atoms with van der Waals surface area (Å²) in [5, 5.41) is -0.291. The zero-order valence-corrected chi connectivity index (χ0v) is 17.3. The average molecular weight is 421 g/mol. The summed E-state index contributed by atoms with van der Waals surface area (Å²) in [5.74, 6) is 0.529. The molecule has 0 amide bonds. The SMILES string of the molecule is COCC(C)Oc1cc(Oc2ccc(S(=O)(=O)C3CC3)nc2)cc(C(=O)OC)c1. The molecule has 1 heterocycles. The van der Waals surface area contributed by atoms with Crippen LogP contribution in [0.2, 0.25) is 0 Å². The third-order valence-corrected chi connectivity index (χ3v) is 6.41. The van der Waals surface area contributed by atoms with Crippen molar-refractivity contribution in [1.29, 1.82) is 0 Å². The van der Waals surface area contributed by atoms with Crippen LogP contribution in [0.1, 0.15) is 30.1 Å². The molecule has 0 radical (unpaired) electrons. The van der Waals surface area contributed by atoms with Crippen LogP contribution in [0.15, 0.2) is 41.6 Å². The summed E-state index contributed by atoms with van der Waals surface area (Å²) in [6.45, 7) is 2.21. The van der Waals surface area contributed by atoms with Crippen LogP contribution < -0.4 is 9.47 Å². The number of sulfone groups is 1. The second-order valence-electron chi connectivity index (χ2n) is 6.75. The van der Waals surface area contributed by atoms with Gasteiger partial charge in [0.1, 0.15) is 23.4 Å². The third-order valence-electron chi connectivity index (χ3n) is 4.24. The topological polar surface area (TPSA) is 101 Å². The number of carbonyl (C=O) groups is 1. The molecule has 0 bridgehead atoms. The van der Waals surface area contributed by atoms with Gasteiger partial charge in [-0.3, -0.25) is 0 Å². The maximum Gasteiger partial charge on any atom is 0.338 e. The number of pyridine rings is 1. The Morgan fingerprint density at radius 2 is 1.86 bits per heavy atom. The summed E-state index contributed by atoms with van der Waals surface area (Å²) in [6.07, 6.45) is 2.45. The number of nitrogens with zero attached hydrogens (tertiary/aromatic N) is 1. The highest BCUT2D eigenvalue weighted by Gasteiger charge is 2.37. The number of esters is 1. The van der Waals surface area contributed by atoms with Crippen LogP contribution in [0, 0.1) is 0 Å². The molecule has 1 saturated carbocycles. The smallest absolute Gasteiger partial charge is 0.338 e. The highest BCUT2D eigenvalue weighted by atomic mass is 32.2. The minimum absolute atomic E-state index is 0.0353. The first-order chi connectivity index (χ1) is 13.8. The fourth-order valence-corrected chi connectivity index (χ4v) is 4.27. The van der Waals surface area contributed by atoms with Crippen molar-refractivity contribution >= 4 is 15.8 Å². The zero-order chi connectivity index (χ0) is 21.0. The number of hydrogen-bond donors (Lipinski definition) is 0. The Balaban J connectivity index is 1.82. The van der Waals surface area contributed by atoms with Gasteiger partial charge in [0, 0.05) is 13.2 Å². The second-order valence-corrected chi connectivity index (χ2v) is 8.92. The Morgan fingerprint density at radius 1 is 1.14 bits per heavy atom. The molecule has 1 aromatic carbocycles. The molecular formula is C20H23NO7S. The van der Waals surface area contributed by atoms with Crippen LogP contribution in [0.5, 0.6) is 17.2 Å². The highest BCUT2D eigenvalue weighted by molar-refractivity contribution is 7.92. The van der Waals surface area contributed by atoms with Gasteiger partial charge in [-0.05, 0) is 44.0 Å². The van der Waals surface area contributed by atoms with E-state index in [1.807, 2.05) is 6.92 Å². The molecule has 1 aliphatic carbocycles. The molecule has 156 valence electrons. The standard InChI is InChI=1S/C20H23NO7S/c1-13(12-25-2)27-16-8-14(20(22)26-3)9-17(10-16)28-15-4-7-19(21-11-15)29(23,24)18-5-6-18/h4,7-11,13,18H,5-6,12H2,1-3H3. The maximum atomic E-state index is 12.2. The lowest BCUT2D eigenvalue weighted by Crippen LogP contribution is -2.18. The molecule has 0 spiro atoms. The minimum atomic E-state index is -3.36. The molecule has 1 unspecified atom stereocenters. The normalized spacial score (nSPS) is 14.9. The van der Waals surface area contributed by atoms with Crippen molar-refractivity contribution in [2.45, 2.75) is 36.1 Å². The van der Waals surface area contributed by atoms with Gasteiger partial charge in [-0.15, -0.1) is 0 Å². The Hall–Kier alpha value is -2.65. The minimum Gasteiger partial charge on any atom is -0.488 e. The van der Waals surface area contributed by atoms with Gasteiger partial charge in [0.05, 0.1) is 30.7 Å². The Morgan fingerprint density at radius 3 is 2.45 bits per heavy atom. The van der Waals surface area contributed by atoms with Gasteiger partial charge in [0.15, 0.2) is 14.9 Å². The van der Waals surface area contributed by atoms with E-state index < -0.39 is 15.8 Å². The maximum absolute atomic E-state index is 12.2. The summed E-state index contributed by atoms with van der Waals surface area (Å²) in [6, 6.07) is 7.63. The second kappa shape index (κ2) is 8.79. The fourth-order valence-electron chi connectivity index (χ4n) is 2.72. The van der Waals surface area contributed by atoms with E-state index in [1.165, 1.54) is 31.5 Å². The van der Waals surface area contributed by atoms with Gasteiger partial charge in [-0.1, -0.05) is 0 Å². The van der Waals surface area contributed by atoms with Gasteiger partial charge >= 0.3 is 5.97 Å². The van der Waals surface area contributed by atoms with E-state index in [1.54, 1.807) is 19.2 Å². The molecule has 0 saturated heterocycles. The van der Waals surface area contributed by atoms with Crippen LogP contribution in [-0.2, 0) is 19.3 Å². The first-order valence-corrected chi connectivity index (χ1v) is 10.6. The Kier molecular flexibility index (Phi) is 6.39. The van der Waals surface area contributed by atoms with Gasteiger partial charge in [0.25, 0.3) is 0 Å². The molecule has 2 aromatic rings. The van der Waals surface area contributed by atoms with Crippen molar-refractivity contribution in [2.75, 3.05) is 20.8 Å². The van der Waals surface area contributed by atoms with E-state index in [4.69, 9.17) is 18.9 Å².